The molecule has 2 aliphatic rings. The topological polar surface area (TPSA) is 213 Å². The van der Waals surface area contributed by atoms with E-state index in [-0.39, 0.29) is 62.3 Å². The van der Waals surface area contributed by atoms with Gasteiger partial charge >= 0.3 is 5.97 Å². The number of hydrogen-bond donors (Lipinski definition) is 1. The molecule has 19 heteroatoms. The first-order valence-corrected chi connectivity index (χ1v) is 24.1. The van der Waals surface area contributed by atoms with Crippen LogP contribution >= 0.6 is 0 Å². The lowest BCUT2D eigenvalue weighted by Gasteiger charge is -2.53. The van der Waals surface area contributed by atoms with E-state index in [1.165, 1.54) is 30.5 Å². The fourth-order valence-corrected chi connectivity index (χ4v) is 9.85. The largest absolute Gasteiger partial charge is 0.467 e. The summed E-state index contributed by atoms with van der Waals surface area (Å²) in [4.78, 5) is 38.9. The number of nitrogens with zero attached hydrogens (tertiary/aromatic N) is 5. The van der Waals surface area contributed by atoms with E-state index in [4.69, 9.17) is 28.4 Å². The number of benzene rings is 5. The maximum absolute atomic E-state index is 14.4. The number of non-ortho nitro benzene ring substituents is 1. The molecule has 6 aromatic rings. The van der Waals surface area contributed by atoms with Crippen molar-refractivity contribution in [3.8, 4) is 0 Å². The average Bonchev–Trinajstić information content (AvgIpc) is 3.85. The molecule has 366 valence electrons. The van der Waals surface area contributed by atoms with Crippen molar-refractivity contribution in [3.05, 3.63) is 190 Å². The highest BCUT2D eigenvalue weighted by Gasteiger charge is 2.60. The second-order valence-electron chi connectivity index (χ2n) is 17.6. The van der Waals surface area contributed by atoms with Crippen LogP contribution in [-0.2, 0) is 80.9 Å². The Hall–Kier alpha value is -6.71. The predicted molar refractivity (Wildman–Crippen MR) is 253 cm³/mol. The Bertz CT molecular complexity index is 2810. The van der Waals surface area contributed by atoms with Crippen LogP contribution in [0.2, 0.25) is 0 Å². The van der Waals surface area contributed by atoms with Gasteiger partial charge in [0.2, 0.25) is 15.9 Å². The van der Waals surface area contributed by atoms with Gasteiger partial charge in [0.15, 0.2) is 6.23 Å². The van der Waals surface area contributed by atoms with Gasteiger partial charge in [0.05, 0.1) is 68.4 Å². The van der Waals surface area contributed by atoms with Crippen molar-refractivity contribution in [2.75, 3.05) is 20.3 Å². The van der Waals surface area contributed by atoms with Gasteiger partial charge in [-0.15, -0.1) is 5.10 Å². The number of carbonyl (C=O) groups excluding carboxylic acids is 2. The molecule has 1 N–H and O–H groups in total. The van der Waals surface area contributed by atoms with E-state index in [0.29, 0.717) is 0 Å². The molecule has 1 aromatic heterocycles. The summed E-state index contributed by atoms with van der Waals surface area (Å²) in [5.41, 5.74) is 0.171. The minimum absolute atomic E-state index is 0.0663. The van der Waals surface area contributed by atoms with E-state index in [9.17, 15) is 28.1 Å². The lowest BCUT2D eigenvalue weighted by molar-refractivity contribution is -0.384. The third kappa shape index (κ3) is 11.5. The molecule has 2 aliphatic heterocycles. The zero-order chi connectivity index (χ0) is 49.3. The number of ether oxygens (including phenoxy) is 6. The summed E-state index contributed by atoms with van der Waals surface area (Å²) in [6.07, 6.45) is -3.08. The van der Waals surface area contributed by atoms with Crippen LogP contribution in [0.1, 0.15) is 48.0 Å². The van der Waals surface area contributed by atoms with E-state index in [2.05, 4.69) is 15.0 Å². The van der Waals surface area contributed by atoms with Gasteiger partial charge in [-0.3, -0.25) is 14.9 Å². The van der Waals surface area contributed by atoms with Crippen LogP contribution < -0.4 is 4.72 Å². The van der Waals surface area contributed by atoms with E-state index in [1.54, 1.807) is 6.20 Å². The van der Waals surface area contributed by atoms with Gasteiger partial charge in [-0.05, 0) is 48.2 Å². The summed E-state index contributed by atoms with van der Waals surface area (Å²) in [6.45, 7) is 3.61. The smallest absolute Gasteiger partial charge is 0.331 e. The van der Waals surface area contributed by atoms with E-state index < -0.39 is 68.5 Å². The maximum atomic E-state index is 14.4. The molecule has 3 heterocycles. The first kappa shape index (κ1) is 49.7. The molecular formula is C51H54N6O12S. The number of nitrogens with one attached hydrogen (secondary N) is 1. The molecule has 0 radical (unpaired) electrons. The molecule has 6 atom stereocenters. The van der Waals surface area contributed by atoms with Gasteiger partial charge in [-0.25, -0.2) is 17.9 Å². The number of methoxy groups -OCH3 is 1. The molecule has 70 heavy (non-hydrogen) atoms. The number of nitro groups is 1. The highest BCUT2D eigenvalue weighted by molar-refractivity contribution is 7.89. The van der Waals surface area contributed by atoms with Gasteiger partial charge in [-0.2, -0.15) is 4.72 Å². The van der Waals surface area contributed by atoms with Gasteiger partial charge in [-0.1, -0.05) is 127 Å². The zero-order valence-electron chi connectivity index (χ0n) is 38.8. The third-order valence-corrected chi connectivity index (χ3v) is 13.8. The first-order valence-electron chi connectivity index (χ1n) is 22.6. The molecule has 2 saturated heterocycles. The Labute approximate surface area is 405 Å². The lowest BCUT2D eigenvalue weighted by Crippen LogP contribution is -2.79. The molecule has 2 fully saturated rings. The molecule has 0 bridgehead atoms. The Kier molecular flexibility index (Phi) is 15.6. The van der Waals surface area contributed by atoms with Crippen LogP contribution in [-0.4, -0.2) is 101 Å². The van der Waals surface area contributed by atoms with Crippen molar-refractivity contribution in [3.63, 3.8) is 0 Å². The highest BCUT2D eigenvalue weighted by atomic mass is 32.2. The number of likely N-dealkylation sites (tertiary alicyclic amines) is 1. The summed E-state index contributed by atoms with van der Waals surface area (Å²) in [5, 5.41) is 20.3. The van der Waals surface area contributed by atoms with E-state index in [0.717, 1.165) is 46.5 Å². The molecule has 1 amide bonds. The molecule has 0 spiro atoms. The van der Waals surface area contributed by atoms with Crippen LogP contribution in [0.3, 0.4) is 0 Å². The van der Waals surface area contributed by atoms with Gasteiger partial charge in [0.1, 0.15) is 35.5 Å². The summed E-state index contributed by atoms with van der Waals surface area (Å²) in [5.74, 6) is -1.45. The number of rotatable bonds is 22. The number of amides is 1. The Morgan fingerprint density at radius 2 is 1.27 bits per heavy atom. The second kappa shape index (κ2) is 21.9. The van der Waals surface area contributed by atoms with E-state index >= 15 is 0 Å². The molecular weight excluding hydrogens is 921 g/mol. The number of nitro benzene ring substituents is 1. The fourth-order valence-electron chi connectivity index (χ4n) is 8.50. The van der Waals surface area contributed by atoms with Crippen molar-refractivity contribution < 1.29 is 51.4 Å². The van der Waals surface area contributed by atoms with Crippen molar-refractivity contribution in [1.29, 1.82) is 0 Å². The van der Waals surface area contributed by atoms with Gasteiger partial charge in [0.25, 0.3) is 5.69 Å². The Balaban J connectivity index is 1.16. The quantitative estimate of drug-likeness (QED) is 0.0352. The number of carbonyl (C=O) groups is 2. The fraction of sp³-hybridized carbons (Fsp3) is 0.333. The number of hydrogen-bond acceptors (Lipinski definition) is 14. The maximum Gasteiger partial charge on any atom is 0.331 e. The molecule has 5 aromatic carbocycles. The standard InChI is InChI=1S/C51H54N6O12S/c1-50(2,49(59)64-3)55-35-51(48(55)58,53-70(62,63)42-26-24-41(25-27-42)57(60)61)28-40-29-56(54-52-40)47-46(68-33-39-22-14-7-15-23-39)45(67-32-38-20-12-6-13-21-38)44(66-31-37-18-10-5-11-19-37)43(69-47)34-65-30-36-16-8-4-9-17-36/h4-27,29,43-47,53H,28,30-35H2,1-3H3/t43-,44-,45+,46+,47+,51-/m1/s1. The van der Waals surface area contributed by atoms with Crippen LogP contribution in [0.15, 0.2) is 157 Å². The van der Waals surface area contributed by atoms with E-state index in [1.807, 2.05) is 121 Å². The minimum atomic E-state index is -4.51. The summed E-state index contributed by atoms with van der Waals surface area (Å²) in [7, 11) is -3.32. The van der Waals surface area contributed by atoms with Gasteiger partial charge < -0.3 is 33.3 Å². The SMILES string of the molecule is COC(=O)C(C)(C)N1C[C@@](Cc2cn([C@H]3O[C@H](COCc4ccccc4)[C@@H](OCc4ccccc4)[C@H](OCc4ccccc4)[C@@H]3OCc3ccccc3)nn2)(NS(=O)(=O)c2ccc([N+](=O)[O-])cc2)C1=O. The first-order chi connectivity index (χ1) is 33.8. The summed E-state index contributed by atoms with van der Waals surface area (Å²) < 4.78 is 70.9. The average molecular weight is 975 g/mol. The minimum Gasteiger partial charge on any atom is -0.467 e. The summed E-state index contributed by atoms with van der Waals surface area (Å²) in [6, 6.07) is 43.0. The highest BCUT2D eigenvalue weighted by Crippen LogP contribution is 2.38. The van der Waals surface area contributed by atoms with Crippen molar-refractivity contribution >= 4 is 27.6 Å². The molecule has 18 nitrogen and oxygen atoms in total. The Morgan fingerprint density at radius 1 is 0.771 bits per heavy atom. The number of aromatic nitrogens is 3. The normalized spacial score (nSPS) is 21.5. The second-order valence-corrected chi connectivity index (χ2v) is 19.3. The monoisotopic (exact) mass is 974 g/mol. The van der Waals surface area contributed by atoms with Gasteiger partial charge in [0, 0.05) is 18.6 Å². The summed E-state index contributed by atoms with van der Waals surface area (Å²) >= 11 is 0. The van der Waals surface area contributed by atoms with Crippen LogP contribution in [0.5, 0.6) is 0 Å². The van der Waals surface area contributed by atoms with Crippen LogP contribution in [0.4, 0.5) is 5.69 Å². The Morgan fingerprint density at radius 3 is 1.77 bits per heavy atom. The number of esters is 1. The third-order valence-electron chi connectivity index (χ3n) is 12.3. The predicted octanol–water partition coefficient (Wildman–Crippen LogP) is 6.11. The van der Waals surface area contributed by atoms with Crippen LogP contribution in [0, 0.1) is 10.1 Å². The van der Waals surface area contributed by atoms with Crippen LogP contribution in [0.25, 0.3) is 0 Å². The van der Waals surface area contributed by atoms with Crippen molar-refractivity contribution in [1.82, 2.24) is 24.6 Å². The zero-order valence-corrected chi connectivity index (χ0v) is 39.6. The number of β-lactam (4-membered cyclic amide) rings is 1. The van der Waals surface area contributed by atoms with Crippen molar-refractivity contribution in [2.45, 2.75) is 93.3 Å². The molecule has 0 saturated carbocycles. The van der Waals surface area contributed by atoms with Crippen molar-refractivity contribution in [2.24, 2.45) is 0 Å². The molecule has 0 aliphatic carbocycles. The molecule has 8 rings (SSSR count). The lowest BCUT2D eigenvalue weighted by atomic mass is 9.81. The molecule has 0 unspecified atom stereocenters. The number of sulfonamides is 1.